The summed E-state index contributed by atoms with van der Waals surface area (Å²) >= 11 is 0. The summed E-state index contributed by atoms with van der Waals surface area (Å²) in [5, 5.41) is 11.9. The van der Waals surface area contributed by atoms with Crippen molar-refractivity contribution in [2.45, 2.75) is 19.0 Å². The van der Waals surface area contributed by atoms with E-state index in [2.05, 4.69) is 5.32 Å². The van der Waals surface area contributed by atoms with Crippen LogP contribution < -0.4 is 10.2 Å². The number of amides is 1. The van der Waals surface area contributed by atoms with Gasteiger partial charge in [-0.15, -0.1) is 0 Å². The van der Waals surface area contributed by atoms with Gasteiger partial charge >= 0.3 is 5.97 Å². The highest BCUT2D eigenvalue weighted by molar-refractivity contribution is 6.04. The number of para-hydroxylation sites is 2. The van der Waals surface area contributed by atoms with Gasteiger partial charge in [-0.3, -0.25) is 9.59 Å². The van der Waals surface area contributed by atoms with Crippen LogP contribution in [-0.2, 0) is 16.1 Å². The van der Waals surface area contributed by atoms with E-state index in [0.29, 0.717) is 12.2 Å². The summed E-state index contributed by atoms with van der Waals surface area (Å²) in [6.45, 7) is 0.489. The lowest BCUT2D eigenvalue weighted by Crippen LogP contribution is -2.48. The Morgan fingerprint density at radius 1 is 1.09 bits per heavy atom. The van der Waals surface area contributed by atoms with Crippen molar-refractivity contribution in [3.8, 4) is 0 Å². The first kappa shape index (κ1) is 14.1. The zero-order valence-corrected chi connectivity index (χ0v) is 11.9. The minimum atomic E-state index is -0.988. The van der Waals surface area contributed by atoms with Crippen LogP contribution in [0.2, 0.25) is 0 Å². The number of carboxylic acids is 1. The topological polar surface area (TPSA) is 69.6 Å². The Kier molecular flexibility index (Phi) is 3.78. The molecule has 5 heteroatoms. The summed E-state index contributed by atoms with van der Waals surface area (Å²) in [5.41, 5.74) is 2.59. The Hall–Kier alpha value is -2.82. The van der Waals surface area contributed by atoms with Crippen LogP contribution >= 0.6 is 0 Å². The standard InChI is InChI=1S/C17H16N2O3/c20-16(21)10-15-17(22)18-13-8-4-5-9-14(13)19(15)11-12-6-2-1-3-7-12/h1-9,15H,10-11H2,(H,18,22)(H,20,21)/t15-/m1/s1. The van der Waals surface area contributed by atoms with Gasteiger partial charge in [0.2, 0.25) is 5.91 Å². The van der Waals surface area contributed by atoms with E-state index in [9.17, 15) is 9.59 Å². The van der Waals surface area contributed by atoms with E-state index in [1.807, 2.05) is 59.5 Å². The van der Waals surface area contributed by atoms with Gasteiger partial charge in [-0.05, 0) is 17.7 Å². The van der Waals surface area contributed by atoms with Crippen LogP contribution in [0.4, 0.5) is 11.4 Å². The third-order valence-electron chi connectivity index (χ3n) is 3.71. The van der Waals surface area contributed by atoms with Gasteiger partial charge in [0.15, 0.2) is 0 Å². The van der Waals surface area contributed by atoms with Crippen LogP contribution in [0.3, 0.4) is 0 Å². The second kappa shape index (κ2) is 5.89. The number of nitrogens with zero attached hydrogens (tertiary/aromatic N) is 1. The number of anilines is 2. The fourth-order valence-electron chi connectivity index (χ4n) is 2.70. The van der Waals surface area contributed by atoms with Crippen molar-refractivity contribution in [3.05, 3.63) is 60.2 Å². The Balaban J connectivity index is 1.99. The fraction of sp³-hybridized carbons (Fsp3) is 0.176. The number of benzene rings is 2. The molecule has 22 heavy (non-hydrogen) atoms. The van der Waals surface area contributed by atoms with E-state index < -0.39 is 12.0 Å². The molecule has 0 aliphatic carbocycles. The van der Waals surface area contributed by atoms with Crippen LogP contribution in [0.25, 0.3) is 0 Å². The third-order valence-corrected chi connectivity index (χ3v) is 3.71. The molecule has 112 valence electrons. The first-order valence-electron chi connectivity index (χ1n) is 7.07. The average Bonchev–Trinajstić information content (AvgIpc) is 2.51. The van der Waals surface area contributed by atoms with E-state index in [0.717, 1.165) is 11.3 Å². The van der Waals surface area contributed by atoms with Crippen LogP contribution in [-0.4, -0.2) is 23.0 Å². The van der Waals surface area contributed by atoms with Gasteiger partial charge in [-0.2, -0.15) is 0 Å². The van der Waals surface area contributed by atoms with Gasteiger partial charge in [0.25, 0.3) is 0 Å². The molecule has 0 unspecified atom stereocenters. The Morgan fingerprint density at radius 3 is 2.50 bits per heavy atom. The first-order chi connectivity index (χ1) is 10.6. The maximum absolute atomic E-state index is 12.3. The second-order valence-electron chi connectivity index (χ2n) is 5.23. The number of carbonyl (C=O) groups excluding carboxylic acids is 1. The molecule has 0 aromatic heterocycles. The molecule has 0 radical (unpaired) electrons. The molecule has 0 spiro atoms. The molecule has 0 fully saturated rings. The summed E-state index contributed by atoms with van der Waals surface area (Å²) in [6.07, 6.45) is -0.229. The third kappa shape index (κ3) is 2.79. The molecule has 1 heterocycles. The number of fused-ring (bicyclic) bond motifs is 1. The minimum Gasteiger partial charge on any atom is -0.481 e. The number of hydrogen-bond acceptors (Lipinski definition) is 3. The summed E-state index contributed by atoms with van der Waals surface area (Å²) < 4.78 is 0. The highest BCUT2D eigenvalue weighted by Crippen LogP contribution is 2.33. The summed E-state index contributed by atoms with van der Waals surface area (Å²) in [7, 11) is 0. The summed E-state index contributed by atoms with van der Waals surface area (Å²) in [6, 6.07) is 16.4. The zero-order valence-electron chi connectivity index (χ0n) is 11.9. The van der Waals surface area contributed by atoms with Crippen molar-refractivity contribution in [2.75, 3.05) is 10.2 Å². The lowest BCUT2D eigenvalue weighted by atomic mass is 10.0. The lowest BCUT2D eigenvalue weighted by Gasteiger charge is -2.37. The van der Waals surface area contributed by atoms with E-state index >= 15 is 0 Å². The van der Waals surface area contributed by atoms with Crippen molar-refractivity contribution in [1.82, 2.24) is 0 Å². The smallest absolute Gasteiger partial charge is 0.305 e. The van der Waals surface area contributed by atoms with Gasteiger partial charge in [-0.25, -0.2) is 0 Å². The second-order valence-corrected chi connectivity index (χ2v) is 5.23. The van der Waals surface area contributed by atoms with Gasteiger partial charge in [0.05, 0.1) is 17.8 Å². The van der Waals surface area contributed by atoms with Crippen LogP contribution in [0, 0.1) is 0 Å². The number of carbonyl (C=O) groups is 2. The zero-order chi connectivity index (χ0) is 15.5. The van der Waals surface area contributed by atoms with Crippen molar-refractivity contribution in [3.63, 3.8) is 0 Å². The van der Waals surface area contributed by atoms with Crippen LogP contribution in [0.15, 0.2) is 54.6 Å². The highest BCUT2D eigenvalue weighted by atomic mass is 16.4. The molecule has 0 bridgehead atoms. The number of hydrogen-bond donors (Lipinski definition) is 2. The van der Waals surface area contributed by atoms with E-state index in [1.54, 1.807) is 0 Å². The maximum atomic E-state index is 12.3. The predicted molar refractivity (Wildman–Crippen MR) is 83.7 cm³/mol. The van der Waals surface area contributed by atoms with E-state index in [1.165, 1.54) is 0 Å². The number of carboxylic acid groups (broad SMARTS) is 1. The summed E-state index contributed by atoms with van der Waals surface area (Å²) in [5.74, 6) is -1.27. The van der Waals surface area contributed by atoms with Crippen molar-refractivity contribution in [1.29, 1.82) is 0 Å². The van der Waals surface area contributed by atoms with E-state index in [4.69, 9.17) is 5.11 Å². The van der Waals surface area contributed by atoms with Gasteiger partial charge in [0.1, 0.15) is 6.04 Å². The molecular weight excluding hydrogens is 280 g/mol. The molecule has 0 saturated heterocycles. The predicted octanol–water partition coefficient (Wildman–Crippen LogP) is 2.49. The molecule has 1 amide bonds. The molecule has 2 N–H and O–H groups in total. The van der Waals surface area contributed by atoms with Gasteiger partial charge < -0.3 is 15.3 Å². The van der Waals surface area contributed by atoms with Crippen molar-refractivity contribution >= 4 is 23.3 Å². The molecule has 1 atom stereocenters. The highest BCUT2D eigenvalue weighted by Gasteiger charge is 2.34. The largest absolute Gasteiger partial charge is 0.481 e. The van der Waals surface area contributed by atoms with Gasteiger partial charge in [0, 0.05) is 6.54 Å². The molecule has 3 rings (SSSR count). The average molecular weight is 296 g/mol. The molecule has 5 nitrogen and oxygen atoms in total. The number of rotatable bonds is 4. The molecule has 1 aliphatic heterocycles. The Labute approximate surface area is 128 Å². The van der Waals surface area contributed by atoms with Crippen LogP contribution in [0.1, 0.15) is 12.0 Å². The maximum Gasteiger partial charge on any atom is 0.305 e. The first-order valence-corrected chi connectivity index (χ1v) is 7.07. The Bertz CT molecular complexity index is 700. The van der Waals surface area contributed by atoms with Crippen molar-refractivity contribution < 1.29 is 14.7 Å². The minimum absolute atomic E-state index is 0.229. The summed E-state index contributed by atoms with van der Waals surface area (Å²) in [4.78, 5) is 25.3. The number of nitrogens with one attached hydrogen (secondary N) is 1. The van der Waals surface area contributed by atoms with Gasteiger partial charge in [-0.1, -0.05) is 42.5 Å². The van der Waals surface area contributed by atoms with E-state index in [-0.39, 0.29) is 12.3 Å². The molecular formula is C17H16N2O3. The molecule has 2 aromatic rings. The normalized spacial score (nSPS) is 16.8. The SMILES string of the molecule is O=C(O)C[C@@H]1C(=O)Nc2ccccc2N1Cc1ccccc1. The molecule has 1 aliphatic rings. The number of aliphatic carboxylic acids is 1. The Morgan fingerprint density at radius 2 is 1.77 bits per heavy atom. The quantitative estimate of drug-likeness (QED) is 0.909. The molecule has 2 aromatic carbocycles. The van der Waals surface area contributed by atoms with Crippen LogP contribution in [0.5, 0.6) is 0 Å². The van der Waals surface area contributed by atoms with Crippen molar-refractivity contribution in [2.24, 2.45) is 0 Å². The lowest BCUT2D eigenvalue weighted by molar-refractivity contribution is -0.139. The fourth-order valence-corrected chi connectivity index (χ4v) is 2.70. The monoisotopic (exact) mass is 296 g/mol. The molecule has 0 saturated carbocycles.